The first-order valence-corrected chi connectivity index (χ1v) is 15.9. The molecule has 51 heavy (non-hydrogen) atoms. The Bertz CT molecular complexity index is 1650. The van der Waals surface area contributed by atoms with Crippen LogP contribution in [0.1, 0.15) is 57.6 Å². The maximum absolute atomic E-state index is 13.1. The quantitative estimate of drug-likeness (QED) is 0.128. The molecule has 0 spiro atoms. The summed E-state index contributed by atoms with van der Waals surface area (Å²) in [6, 6.07) is 24.0. The van der Waals surface area contributed by atoms with Crippen LogP contribution in [0.15, 0.2) is 79.1 Å². The Hall–Kier alpha value is -3.18. The van der Waals surface area contributed by atoms with E-state index in [0.29, 0.717) is 29.8 Å². The number of aromatic nitrogens is 4. The SMILES string of the molecule is CC(O)CC(C)O.CC(O)CC(C)O.Cc1cnc(-c2[c-]cc(F)cc2)c(-c2ccc(F)cc2)n1.Cc1cnc(-c2[c-]cccc2)c(C)n1.[Ir].[Ir]. The maximum atomic E-state index is 13.1. The number of benzene rings is 3. The van der Waals surface area contributed by atoms with Crippen molar-refractivity contribution in [3.63, 3.8) is 0 Å². The molecule has 0 saturated carbocycles. The van der Waals surface area contributed by atoms with Crippen molar-refractivity contribution in [2.75, 3.05) is 0 Å². The van der Waals surface area contributed by atoms with Crippen LogP contribution in [0.2, 0.25) is 0 Å². The molecule has 2 aromatic heterocycles. The second-order valence-electron chi connectivity index (χ2n) is 11.7. The number of hydrogen-bond donors (Lipinski definition) is 4. The number of aliphatic hydroxyl groups excluding tert-OH is 4. The van der Waals surface area contributed by atoms with Gasteiger partial charge in [0.05, 0.1) is 41.5 Å². The molecule has 0 aliphatic carbocycles. The van der Waals surface area contributed by atoms with Gasteiger partial charge in [-0.2, -0.15) is 0 Å². The van der Waals surface area contributed by atoms with E-state index in [-0.39, 0.29) is 76.3 Å². The van der Waals surface area contributed by atoms with Crippen molar-refractivity contribution in [3.05, 3.63) is 120 Å². The minimum Gasteiger partial charge on any atom is -0.393 e. The van der Waals surface area contributed by atoms with E-state index in [4.69, 9.17) is 20.4 Å². The normalized spacial score (nSPS) is 12.3. The van der Waals surface area contributed by atoms with Gasteiger partial charge in [0.1, 0.15) is 5.82 Å². The minimum atomic E-state index is -0.375. The predicted octanol–water partition coefficient (Wildman–Crippen LogP) is 7.03. The van der Waals surface area contributed by atoms with E-state index < -0.39 is 0 Å². The van der Waals surface area contributed by atoms with Crippen molar-refractivity contribution in [1.82, 2.24) is 19.9 Å². The number of aliphatic hydroxyl groups is 4. The van der Waals surface area contributed by atoms with Crippen LogP contribution < -0.4 is 0 Å². The Morgan fingerprint density at radius 3 is 1.51 bits per heavy atom. The van der Waals surface area contributed by atoms with Crippen LogP contribution in [-0.4, -0.2) is 64.8 Å². The zero-order valence-electron chi connectivity index (χ0n) is 29.7. The van der Waals surface area contributed by atoms with Crippen LogP contribution in [0.5, 0.6) is 0 Å². The van der Waals surface area contributed by atoms with Gasteiger partial charge in [-0.1, -0.05) is 12.1 Å². The Labute approximate surface area is 327 Å². The molecule has 12 heteroatoms. The van der Waals surface area contributed by atoms with Crippen LogP contribution in [0.25, 0.3) is 33.8 Å². The molecule has 0 aliphatic rings. The standard InChI is InChI=1S/C17H11F2N2.C12H11N2.2C5H12O2.2Ir/c1-11-10-20-16(12-2-6-14(18)7-3-12)17(21-11)13-4-8-15(19)9-5-13;1-9-8-13-12(10(2)14-9)11-6-4-3-5-7-11;2*1-4(6)3-5(2)7;;/h2,4-10H,1H3;3-6,8H,1-2H3;2*4-7H,3H2,1-2H3;;/q2*-1;;;;. The van der Waals surface area contributed by atoms with Crippen molar-refractivity contribution >= 4 is 0 Å². The Morgan fingerprint density at radius 1 is 0.588 bits per heavy atom. The van der Waals surface area contributed by atoms with Gasteiger partial charge in [-0.05, 0) is 79.0 Å². The summed E-state index contributed by atoms with van der Waals surface area (Å²) in [6.07, 6.45) is 2.86. The second kappa shape index (κ2) is 24.9. The van der Waals surface area contributed by atoms with Crippen molar-refractivity contribution in [3.8, 4) is 33.8 Å². The summed E-state index contributed by atoms with van der Waals surface area (Å²) in [6.45, 7) is 12.4. The molecular formula is C39H46F2Ir2N4O4-2. The predicted molar refractivity (Wildman–Crippen MR) is 188 cm³/mol. The van der Waals surface area contributed by atoms with E-state index in [1.54, 1.807) is 58.3 Å². The van der Waals surface area contributed by atoms with E-state index in [1.807, 2.05) is 45.0 Å². The summed E-state index contributed by atoms with van der Waals surface area (Å²) in [7, 11) is 0. The first kappa shape index (κ1) is 47.8. The van der Waals surface area contributed by atoms with E-state index >= 15 is 0 Å². The molecule has 3 aromatic carbocycles. The molecule has 0 amide bonds. The van der Waals surface area contributed by atoms with Gasteiger partial charge in [0.25, 0.3) is 0 Å². The third kappa shape index (κ3) is 18.8. The van der Waals surface area contributed by atoms with Crippen LogP contribution in [0.3, 0.4) is 0 Å². The maximum Gasteiger partial charge on any atom is 0.123 e. The number of rotatable bonds is 7. The minimum absolute atomic E-state index is 0. The molecule has 4 unspecified atom stereocenters. The van der Waals surface area contributed by atoms with Crippen LogP contribution in [-0.2, 0) is 40.2 Å². The molecule has 2 radical (unpaired) electrons. The van der Waals surface area contributed by atoms with Crippen molar-refractivity contribution in [1.29, 1.82) is 0 Å². The van der Waals surface area contributed by atoms with Gasteiger partial charge >= 0.3 is 0 Å². The summed E-state index contributed by atoms with van der Waals surface area (Å²) in [5.74, 6) is -0.670. The van der Waals surface area contributed by atoms with Crippen molar-refractivity contribution < 1.29 is 69.4 Å². The second-order valence-corrected chi connectivity index (χ2v) is 11.7. The monoisotopic (exact) mass is 1060 g/mol. The van der Waals surface area contributed by atoms with Crippen molar-refractivity contribution in [2.45, 2.75) is 85.7 Å². The average Bonchev–Trinajstić information content (AvgIpc) is 3.02. The largest absolute Gasteiger partial charge is 0.393 e. The van der Waals surface area contributed by atoms with Gasteiger partial charge in [0.15, 0.2) is 0 Å². The van der Waals surface area contributed by atoms with Gasteiger partial charge in [-0.15, -0.1) is 65.7 Å². The average molecular weight is 1060 g/mol. The summed E-state index contributed by atoms with van der Waals surface area (Å²) in [5.41, 5.74) is 7.16. The van der Waals surface area contributed by atoms with Crippen LogP contribution in [0, 0.1) is 44.5 Å². The zero-order chi connectivity index (χ0) is 36.5. The van der Waals surface area contributed by atoms with E-state index in [0.717, 1.165) is 33.9 Å². The van der Waals surface area contributed by atoms with Gasteiger partial charge in [-0.25, -0.2) is 4.39 Å². The summed E-state index contributed by atoms with van der Waals surface area (Å²) < 4.78 is 26.1. The third-order valence-corrected chi connectivity index (χ3v) is 6.44. The molecule has 0 bridgehead atoms. The molecule has 0 saturated heterocycles. The van der Waals surface area contributed by atoms with Crippen LogP contribution >= 0.6 is 0 Å². The molecule has 5 aromatic rings. The van der Waals surface area contributed by atoms with Gasteiger partial charge in [-0.3, -0.25) is 14.4 Å². The Balaban J connectivity index is 0.000000722. The first-order valence-electron chi connectivity index (χ1n) is 15.9. The molecule has 0 aliphatic heterocycles. The molecule has 4 N–H and O–H groups in total. The molecule has 4 atom stereocenters. The molecule has 280 valence electrons. The third-order valence-electron chi connectivity index (χ3n) is 6.44. The van der Waals surface area contributed by atoms with Gasteiger partial charge < -0.3 is 30.4 Å². The number of halogens is 2. The van der Waals surface area contributed by atoms with Crippen molar-refractivity contribution in [2.24, 2.45) is 0 Å². The molecule has 2 heterocycles. The van der Waals surface area contributed by atoms with E-state index in [1.165, 1.54) is 24.3 Å². The smallest absolute Gasteiger partial charge is 0.123 e. The fourth-order valence-corrected chi connectivity index (χ4v) is 4.43. The first-order chi connectivity index (χ1) is 23.2. The Kier molecular flexibility index (Phi) is 23.4. The summed E-state index contributed by atoms with van der Waals surface area (Å²) >= 11 is 0. The zero-order valence-corrected chi connectivity index (χ0v) is 34.5. The summed E-state index contributed by atoms with van der Waals surface area (Å²) in [5, 5.41) is 34.3. The number of aryl methyl sites for hydroxylation is 3. The fraction of sp³-hybridized carbons (Fsp3) is 0.333. The topological polar surface area (TPSA) is 132 Å². The molecular weight excluding hydrogens is 1010 g/mol. The molecule has 0 fully saturated rings. The van der Waals surface area contributed by atoms with E-state index in [9.17, 15) is 8.78 Å². The number of nitrogens with zero attached hydrogens (tertiary/aromatic N) is 4. The van der Waals surface area contributed by atoms with Crippen LogP contribution in [0.4, 0.5) is 8.78 Å². The fourth-order valence-electron chi connectivity index (χ4n) is 4.43. The molecule has 8 nitrogen and oxygen atoms in total. The van der Waals surface area contributed by atoms with E-state index in [2.05, 4.69) is 32.1 Å². The number of hydrogen-bond acceptors (Lipinski definition) is 8. The van der Waals surface area contributed by atoms with Gasteiger partial charge in [0.2, 0.25) is 0 Å². The summed E-state index contributed by atoms with van der Waals surface area (Å²) in [4.78, 5) is 17.6. The molecule has 5 rings (SSSR count). The van der Waals surface area contributed by atoms with Gasteiger partial charge in [0, 0.05) is 75.5 Å². The Morgan fingerprint density at radius 2 is 1.08 bits per heavy atom.